The van der Waals surface area contributed by atoms with Gasteiger partial charge in [-0.05, 0) is 49.1 Å². The third-order valence-electron chi connectivity index (χ3n) is 2.41. The summed E-state index contributed by atoms with van der Waals surface area (Å²) >= 11 is 0. The second kappa shape index (κ2) is 3.88. The van der Waals surface area contributed by atoms with Gasteiger partial charge in [0.05, 0.1) is 0 Å². The summed E-state index contributed by atoms with van der Waals surface area (Å²) in [5, 5.41) is 0. The third-order valence-corrected chi connectivity index (χ3v) is 2.41. The summed E-state index contributed by atoms with van der Waals surface area (Å²) in [6, 6.07) is 3.57. The maximum Gasteiger partial charge on any atom is 0.126 e. The number of benzene rings is 1. The predicted molar refractivity (Wildman–Crippen MR) is 53.3 cm³/mol. The Morgan fingerprint density at radius 1 is 1.38 bits per heavy atom. The van der Waals surface area contributed by atoms with E-state index < -0.39 is 0 Å². The molecule has 13 heavy (non-hydrogen) atoms. The Kier molecular flexibility index (Phi) is 3.04. The topological polar surface area (TPSA) is 26.0 Å². The summed E-state index contributed by atoms with van der Waals surface area (Å²) in [4.78, 5) is 0. The normalized spacial score (nSPS) is 13.0. The molecule has 0 bridgehead atoms. The van der Waals surface area contributed by atoms with Crippen LogP contribution in [0.5, 0.6) is 0 Å². The first kappa shape index (κ1) is 10.2. The van der Waals surface area contributed by atoms with Crippen molar-refractivity contribution < 1.29 is 4.39 Å². The van der Waals surface area contributed by atoms with Gasteiger partial charge in [-0.3, -0.25) is 0 Å². The van der Waals surface area contributed by atoms with Gasteiger partial charge in [0.1, 0.15) is 5.82 Å². The average Bonchev–Trinajstić information content (AvgIpc) is 2.10. The molecule has 1 aromatic carbocycles. The molecule has 1 unspecified atom stereocenters. The predicted octanol–water partition coefficient (Wildman–Crippen LogP) is 2.50. The van der Waals surface area contributed by atoms with Crippen LogP contribution in [0.1, 0.15) is 29.5 Å². The Bertz CT molecular complexity index is 307. The van der Waals surface area contributed by atoms with E-state index in [9.17, 15) is 4.39 Å². The zero-order chi connectivity index (χ0) is 10.0. The molecule has 0 fully saturated rings. The van der Waals surface area contributed by atoms with Crippen molar-refractivity contribution in [3.63, 3.8) is 0 Å². The van der Waals surface area contributed by atoms with Crippen molar-refractivity contribution in [3.8, 4) is 0 Å². The van der Waals surface area contributed by atoms with E-state index in [1.165, 1.54) is 0 Å². The van der Waals surface area contributed by atoms with Gasteiger partial charge in [-0.25, -0.2) is 4.39 Å². The lowest BCUT2D eigenvalue weighted by Gasteiger charge is -2.13. The summed E-state index contributed by atoms with van der Waals surface area (Å²) in [5.74, 6) is 0.102. The van der Waals surface area contributed by atoms with Crippen LogP contribution in [0.4, 0.5) is 4.39 Å². The molecule has 0 aromatic heterocycles. The van der Waals surface area contributed by atoms with E-state index in [0.717, 1.165) is 16.7 Å². The summed E-state index contributed by atoms with van der Waals surface area (Å²) in [7, 11) is 0. The molecule has 1 atom stereocenters. The van der Waals surface area contributed by atoms with Gasteiger partial charge in [0.15, 0.2) is 0 Å². The first-order valence-corrected chi connectivity index (χ1v) is 4.53. The number of hydrogen-bond donors (Lipinski definition) is 1. The van der Waals surface area contributed by atoms with E-state index in [-0.39, 0.29) is 11.7 Å². The highest BCUT2D eigenvalue weighted by Gasteiger charge is 2.10. The average molecular weight is 181 g/mol. The monoisotopic (exact) mass is 181 g/mol. The number of aryl methyl sites for hydroxylation is 1. The smallest absolute Gasteiger partial charge is 0.126 e. The molecular weight excluding hydrogens is 165 g/mol. The summed E-state index contributed by atoms with van der Waals surface area (Å²) in [6.45, 7) is 6.27. The van der Waals surface area contributed by atoms with E-state index in [0.29, 0.717) is 6.54 Å². The molecule has 1 aromatic rings. The van der Waals surface area contributed by atoms with Crippen LogP contribution < -0.4 is 5.73 Å². The van der Waals surface area contributed by atoms with Gasteiger partial charge in [-0.2, -0.15) is 0 Å². The van der Waals surface area contributed by atoms with E-state index in [1.54, 1.807) is 13.0 Å². The Hall–Kier alpha value is -0.890. The van der Waals surface area contributed by atoms with Gasteiger partial charge in [0.2, 0.25) is 0 Å². The van der Waals surface area contributed by atoms with Crippen LogP contribution in [0.2, 0.25) is 0 Å². The fraction of sp³-hybridized carbons (Fsp3) is 0.455. The van der Waals surface area contributed by atoms with Gasteiger partial charge >= 0.3 is 0 Å². The first-order valence-electron chi connectivity index (χ1n) is 4.53. The van der Waals surface area contributed by atoms with Gasteiger partial charge in [0.25, 0.3) is 0 Å². The number of hydrogen-bond acceptors (Lipinski definition) is 1. The van der Waals surface area contributed by atoms with Crippen LogP contribution in [0.3, 0.4) is 0 Å². The standard InChI is InChI=1S/C11H16FN/c1-7-4-10(8(2)6-13)9(3)11(12)5-7/h4-5,8H,6,13H2,1-3H3. The van der Waals surface area contributed by atoms with Gasteiger partial charge in [-0.1, -0.05) is 13.0 Å². The summed E-state index contributed by atoms with van der Waals surface area (Å²) in [6.07, 6.45) is 0. The molecule has 0 heterocycles. The highest BCUT2D eigenvalue weighted by Crippen LogP contribution is 2.22. The number of rotatable bonds is 2. The largest absolute Gasteiger partial charge is 0.330 e. The second-order valence-corrected chi connectivity index (χ2v) is 3.60. The van der Waals surface area contributed by atoms with Crippen LogP contribution in [0.25, 0.3) is 0 Å². The van der Waals surface area contributed by atoms with Crippen molar-refractivity contribution in [2.45, 2.75) is 26.7 Å². The van der Waals surface area contributed by atoms with Crippen LogP contribution in [0, 0.1) is 19.7 Å². The van der Waals surface area contributed by atoms with E-state index in [4.69, 9.17) is 5.73 Å². The summed E-state index contributed by atoms with van der Waals surface area (Å²) < 4.78 is 13.3. The fourth-order valence-corrected chi connectivity index (χ4v) is 1.48. The zero-order valence-electron chi connectivity index (χ0n) is 8.39. The molecule has 0 aliphatic rings. The zero-order valence-corrected chi connectivity index (χ0v) is 8.39. The van der Waals surface area contributed by atoms with Crippen LogP contribution in [-0.4, -0.2) is 6.54 Å². The molecule has 0 saturated carbocycles. The van der Waals surface area contributed by atoms with Crippen molar-refractivity contribution in [2.75, 3.05) is 6.54 Å². The number of halogens is 1. The first-order chi connectivity index (χ1) is 6.06. The van der Waals surface area contributed by atoms with Crippen molar-refractivity contribution in [2.24, 2.45) is 5.73 Å². The van der Waals surface area contributed by atoms with E-state index >= 15 is 0 Å². The maximum atomic E-state index is 13.3. The third kappa shape index (κ3) is 2.07. The van der Waals surface area contributed by atoms with Gasteiger partial charge in [0, 0.05) is 0 Å². The molecule has 2 N–H and O–H groups in total. The molecule has 0 saturated heterocycles. The lowest BCUT2D eigenvalue weighted by atomic mass is 9.94. The lowest BCUT2D eigenvalue weighted by molar-refractivity contribution is 0.609. The maximum absolute atomic E-state index is 13.3. The molecule has 0 amide bonds. The summed E-state index contributed by atoms with van der Waals surface area (Å²) in [5.41, 5.74) is 8.26. The minimum absolute atomic E-state index is 0.129. The molecule has 0 aliphatic heterocycles. The van der Waals surface area contributed by atoms with Crippen molar-refractivity contribution >= 4 is 0 Å². The quantitative estimate of drug-likeness (QED) is 0.745. The van der Waals surface area contributed by atoms with Crippen molar-refractivity contribution in [1.29, 1.82) is 0 Å². The highest BCUT2D eigenvalue weighted by atomic mass is 19.1. The van der Waals surface area contributed by atoms with Gasteiger partial charge in [-0.15, -0.1) is 0 Å². The minimum atomic E-state index is -0.129. The van der Waals surface area contributed by atoms with E-state index in [1.807, 2.05) is 19.9 Å². The molecule has 2 heteroatoms. The van der Waals surface area contributed by atoms with Gasteiger partial charge < -0.3 is 5.73 Å². The molecule has 72 valence electrons. The van der Waals surface area contributed by atoms with Crippen molar-refractivity contribution in [1.82, 2.24) is 0 Å². The lowest BCUT2D eigenvalue weighted by Crippen LogP contribution is -2.11. The number of nitrogens with two attached hydrogens (primary N) is 1. The molecule has 0 aliphatic carbocycles. The Morgan fingerprint density at radius 3 is 2.54 bits per heavy atom. The minimum Gasteiger partial charge on any atom is -0.330 e. The Labute approximate surface area is 78.8 Å². The van der Waals surface area contributed by atoms with Crippen LogP contribution >= 0.6 is 0 Å². The molecule has 0 radical (unpaired) electrons. The molecule has 1 rings (SSSR count). The Balaban J connectivity index is 3.20. The molecule has 1 nitrogen and oxygen atoms in total. The second-order valence-electron chi connectivity index (χ2n) is 3.60. The molecular formula is C11H16FN. The van der Waals surface area contributed by atoms with Crippen molar-refractivity contribution in [3.05, 3.63) is 34.6 Å². The fourth-order valence-electron chi connectivity index (χ4n) is 1.48. The van der Waals surface area contributed by atoms with Crippen LogP contribution in [-0.2, 0) is 0 Å². The van der Waals surface area contributed by atoms with E-state index in [2.05, 4.69) is 0 Å². The molecule has 0 spiro atoms. The van der Waals surface area contributed by atoms with Crippen LogP contribution in [0.15, 0.2) is 12.1 Å². The Morgan fingerprint density at radius 2 is 2.00 bits per heavy atom. The SMILES string of the molecule is Cc1cc(F)c(C)c(C(C)CN)c1. The highest BCUT2D eigenvalue weighted by molar-refractivity contribution is 5.34.